The van der Waals surface area contributed by atoms with Crippen LogP contribution in [0, 0.1) is 6.92 Å². The molecule has 3 N–H and O–H groups in total. The van der Waals surface area contributed by atoms with Gasteiger partial charge in [0.15, 0.2) is 5.82 Å². The van der Waals surface area contributed by atoms with Crippen LogP contribution in [0.2, 0.25) is 0 Å². The number of carbonyl (C=O) groups is 2. The summed E-state index contributed by atoms with van der Waals surface area (Å²) in [6, 6.07) is 5.24. The molecule has 2 amide bonds. The van der Waals surface area contributed by atoms with Gasteiger partial charge in [0.05, 0.1) is 0 Å². The lowest BCUT2D eigenvalue weighted by molar-refractivity contribution is -0.118. The van der Waals surface area contributed by atoms with Crippen molar-refractivity contribution in [2.45, 2.75) is 19.9 Å². The van der Waals surface area contributed by atoms with Crippen molar-refractivity contribution < 1.29 is 14.0 Å². The molecule has 0 fully saturated rings. The van der Waals surface area contributed by atoms with Crippen LogP contribution >= 0.6 is 0 Å². The Balaban J connectivity index is 1.87. The lowest BCUT2D eigenvalue weighted by Gasteiger charge is -1.98. The van der Waals surface area contributed by atoms with Crippen LogP contribution in [-0.2, 0) is 16.1 Å². The minimum Gasteiger partial charge on any atom is -0.462 e. The maximum atomic E-state index is 11.7. The number of hydrogen-bond donors (Lipinski definition) is 2. The van der Waals surface area contributed by atoms with Crippen molar-refractivity contribution in [2.75, 3.05) is 5.32 Å². The predicted octanol–water partition coefficient (Wildman–Crippen LogP) is 1.31. The average Bonchev–Trinajstić information content (AvgIpc) is 3.03. The van der Waals surface area contributed by atoms with Gasteiger partial charge in [-0.2, -0.15) is 5.10 Å². The fraction of sp³-hybridized carbons (Fsp3) is 0.214. The number of nitrogens with two attached hydrogens (primary N) is 1. The van der Waals surface area contributed by atoms with E-state index >= 15 is 0 Å². The van der Waals surface area contributed by atoms with Crippen LogP contribution in [0.1, 0.15) is 17.9 Å². The number of anilines is 1. The molecule has 2 rings (SSSR count). The van der Waals surface area contributed by atoms with E-state index in [2.05, 4.69) is 10.4 Å². The van der Waals surface area contributed by atoms with Crippen LogP contribution in [0.4, 0.5) is 5.82 Å². The smallest absolute Gasteiger partial charge is 0.249 e. The second-order valence-corrected chi connectivity index (χ2v) is 4.45. The first-order valence-electron chi connectivity index (χ1n) is 6.40. The number of aromatic nitrogens is 2. The molecule has 0 atom stereocenters. The highest BCUT2D eigenvalue weighted by Crippen LogP contribution is 2.08. The van der Waals surface area contributed by atoms with Crippen LogP contribution < -0.4 is 11.1 Å². The summed E-state index contributed by atoms with van der Waals surface area (Å²) in [5.74, 6) is 1.08. The molecule has 0 radical (unpaired) electrons. The number of nitrogens with one attached hydrogen (secondary N) is 1. The molecule has 2 aromatic rings. The van der Waals surface area contributed by atoms with Gasteiger partial charge < -0.3 is 15.5 Å². The Morgan fingerprint density at radius 2 is 2.24 bits per heavy atom. The molecule has 7 nitrogen and oxygen atoms in total. The van der Waals surface area contributed by atoms with Crippen molar-refractivity contribution in [3.8, 4) is 0 Å². The van der Waals surface area contributed by atoms with E-state index in [0.717, 1.165) is 5.76 Å². The minimum absolute atomic E-state index is 0.201. The van der Waals surface area contributed by atoms with Crippen molar-refractivity contribution in [1.82, 2.24) is 9.78 Å². The summed E-state index contributed by atoms with van der Waals surface area (Å²) >= 11 is 0. The Labute approximate surface area is 121 Å². The summed E-state index contributed by atoms with van der Waals surface area (Å²) in [5.41, 5.74) is 5.06. The summed E-state index contributed by atoms with van der Waals surface area (Å²) in [6.45, 7) is 2.21. The van der Waals surface area contributed by atoms with E-state index in [-0.39, 0.29) is 12.3 Å². The molecule has 2 heterocycles. The summed E-state index contributed by atoms with van der Waals surface area (Å²) < 4.78 is 6.85. The zero-order valence-corrected chi connectivity index (χ0v) is 11.6. The van der Waals surface area contributed by atoms with Gasteiger partial charge >= 0.3 is 0 Å². The molecule has 0 aliphatic heterocycles. The molecule has 0 spiro atoms. The van der Waals surface area contributed by atoms with Crippen molar-refractivity contribution in [3.63, 3.8) is 0 Å². The Kier molecular flexibility index (Phi) is 4.55. The Morgan fingerprint density at radius 1 is 1.43 bits per heavy atom. The normalized spacial score (nSPS) is 10.9. The van der Waals surface area contributed by atoms with E-state index in [9.17, 15) is 9.59 Å². The zero-order chi connectivity index (χ0) is 15.2. The van der Waals surface area contributed by atoms with E-state index in [0.29, 0.717) is 18.1 Å². The third-order valence-corrected chi connectivity index (χ3v) is 2.64. The highest BCUT2D eigenvalue weighted by Gasteiger charge is 2.03. The largest absolute Gasteiger partial charge is 0.462 e. The number of amides is 2. The van der Waals surface area contributed by atoms with E-state index in [1.54, 1.807) is 29.1 Å². The van der Waals surface area contributed by atoms with Crippen LogP contribution in [0.3, 0.4) is 0 Å². The molecule has 21 heavy (non-hydrogen) atoms. The Morgan fingerprint density at radius 3 is 2.90 bits per heavy atom. The van der Waals surface area contributed by atoms with Crippen LogP contribution in [0.5, 0.6) is 0 Å². The Bertz CT molecular complexity index is 669. The lowest BCUT2D eigenvalue weighted by atomic mass is 10.4. The Hall–Kier alpha value is -2.83. The highest BCUT2D eigenvalue weighted by atomic mass is 16.3. The lowest BCUT2D eigenvalue weighted by Crippen LogP contribution is -2.14. The number of nitrogens with zero attached hydrogens (tertiary/aromatic N) is 2. The van der Waals surface area contributed by atoms with E-state index in [4.69, 9.17) is 10.2 Å². The maximum absolute atomic E-state index is 11.7. The summed E-state index contributed by atoms with van der Waals surface area (Å²) in [7, 11) is 0. The van der Waals surface area contributed by atoms with Gasteiger partial charge in [-0.15, -0.1) is 0 Å². The van der Waals surface area contributed by atoms with Crippen molar-refractivity contribution >= 4 is 23.7 Å². The minimum atomic E-state index is -0.396. The predicted molar refractivity (Wildman–Crippen MR) is 77.1 cm³/mol. The average molecular weight is 288 g/mol. The van der Waals surface area contributed by atoms with Gasteiger partial charge in [0, 0.05) is 31.3 Å². The summed E-state index contributed by atoms with van der Waals surface area (Å²) in [4.78, 5) is 22.4. The summed E-state index contributed by atoms with van der Waals surface area (Å²) in [5, 5.41) is 6.71. The molecule has 0 saturated carbocycles. The quantitative estimate of drug-likeness (QED) is 0.782. The van der Waals surface area contributed by atoms with Crippen LogP contribution in [0.25, 0.3) is 6.08 Å². The van der Waals surface area contributed by atoms with Gasteiger partial charge in [0.25, 0.3) is 0 Å². The number of aryl methyl sites for hydroxylation is 2. The van der Waals surface area contributed by atoms with Gasteiger partial charge in [-0.25, -0.2) is 0 Å². The summed E-state index contributed by atoms with van der Waals surface area (Å²) in [6.07, 6.45) is 4.80. The van der Waals surface area contributed by atoms with Crippen LogP contribution in [0.15, 0.2) is 34.9 Å². The first-order valence-corrected chi connectivity index (χ1v) is 6.40. The standard InChI is InChI=1S/C14H16N4O3/c1-10-2-3-11(21-10)4-5-14(20)16-13-7-9-18(17-13)8-6-12(15)19/h2-5,7,9H,6,8H2,1H3,(H2,15,19)(H,16,17,20)/b5-4-. The van der Waals surface area contributed by atoms with Gasteiger partial charge in [-0.05, 0) is 25.1 Å². The number of primary amides is 1. The zero-order valence-electron chi connectivity index (χ0n) is 11.6. The first kappa shape index (κ1) is 14.6. The van der Waals surface area contributed by atoms with E-state index in [1.807, 2.05) is 13.0 Å². The van der Waals surface area contributed by atoms with E-state index in [1.165, 1.54) is 6.08 Å². The van der Waals surface area contributed by atoms with Gasteiger partial charge in [-0.3, -0.25) is 14.3 Å². The van der Waals surface area contributed by atoms with Gasteiger partial charge in [-0.1, -0.05) is 0 Å². The molecule has 0 aromatic carbocycles. The highest BCUT2D eigenvalue weighted by molar-refractivity contribution is 6.01. The molecule has 2 aromatic heterocycles. The third kappa shape index (κ3) is 4.64. The maximum Gasteiger partial charge on any atom is 0.249 e. The molecule has 0 unspecified atom stereocenters. The number of carbonyl (C=O) groups excluding carboxylic acids is 2. The number of rotatable bonds is 6. The molecule has 7 heteroatoms. The molecule has 0 aliphatic carbocycles. The fourth-order valence-electron chi connectivity index (χ4n) is 1.65. The molecular formula is C14H16N4O3. The second kappa shape index (κ2) is 6.56. The van der Waals surface area contributed by atoms with Gasteiger partial charge in [0.2, 0.25) is 11.8 Å². The molecular weight excluding hydrogens is 272 g/mol. The monoisotopic (exact) mass is 288 g/mol. The topological polar surface area (TPSA) is 103 Å². The fourth-order valence-corrected chi connectivity index (χ4v) is 1.65. The van der Waals surface area contributed by atoms with Crippen molar-refractivity contribution in [1.29, 1.82) is 0 Å². The number of hydrogen-bond acceptors (Lipinski definition) is 4. The molecule has 110 valence electrons. The molecule has 0 aliphatic rings. The van der Waals surface area contributed by atoms with Crippen LogP contribution in [-0.4, -0.2) is 21.6 Å². The molecule has 0 bridgehead atoms. The van der Waals surface area contributed by atoms with Crippen molar-refractivity contribution in [3.05, 3.63) is 42.0 Å². The first-order chi connectivity index (χ1) is 10.0. The second-order valence-electron chi connectivity index (χ2n) is 4.45. The van der Waals surface area contributed by atoms with E-state index < -0.39 is 5.91 Å². The molecule has 0 saturated heterocycles. The van der Waals surface area contributed by atoms with Crippen molar-refractivity contribution in [2.24, 2.45) is 5.73 Å². The van der Waals surface area contributed by atoms with Gasteiger partial charge in [0.1, 0.15) is 11.5 Å². The SMILES string of the molecule is Cc1ccc(/C=C\C(=O)Nc2ccn(CCC(N)=O)n2)o1. The third-order valence-electron chi connectivity index (χ3n) is 2.64. The number of furan rings is 1.